The number of nitrogens with one attached hydrogen (secondary N) is 1. The van der Waals surface area contributed by atoms with Gasteiger partial charge in [0.05, 0.1) is 11.9 Å². The molecule has 2 amide bonds. The van der Waals surface area contributed by atoms with Crippen LogP contribution in [0.25, 0.3) is 0 Å². The predicted octanol–water partition coefficient (Wildman–Crippen LogP) is 4.76. The van der Waals surface area contributed by atoms with E-state index in [9.17, 15) is 26.8 Å². The molecule has 12 heteroatoms. The molecule has 0 fully saturated rings. The van der Waals surface area contributed by atoms with Crippen LogP contribution in [0.2, 0.25) is 10.0 Å². The summed E-state index contributed by atoms with van der Waals surface area (Å²) in [6, 6.07) is 6.63. The quantitative estimate of drug-likeness (QED) is 0.427. The summed E-state index contributed by atoms with van der Waals surface area (Å²) in [6.45, 7) is 4.95. The van der Waals surface area contributed by atoms with E-state index < -0.39 is 33.6 Å². The van der Waals surface area contributed by atoms with Crippen molar-refractivity contribution >= 4 is 50.7 Å². The van der Waals surface area contributed by atoms with Crippen LogP contribution in [0.1, 0.15) is 39.2 Å². The van der Waals surface area contributed by atoms with E-state index in [1.54, 1.807) is 39.0 Å². The minimum atomic E-state index is -3.85. The van der Waals surface area contributed by atoms with E-state index in [4.69, 9.17) is 23.2 Å². The molecule has 36 heavy (non-hydrogen) atoms. The highest BCUT2D eigenvalue weighted by molar-refractivity contribution is 7.92. The summed E-state index contributed by atoms with van der Waals surface area (Å²) in [4.78, 5) is 27.3. The Balaban J connectivity index is 2.24. The molecule has 1 atom stereocenters. The van der Waals surface area contributed by atoms with Gasteiger partial charge in [0.15, 0.2) is 11.6 Å². The molecule has 2 aromatic carbocycles. The maximum absolute atomic E-state index is 13.7. The van der Waals surface area contributed by atoms with Crippen LogP contribution in [-0.4, -0.2) is 50.0 Å². The first-order valence-corrected chi connectivity index (χ1v) is 13.8. The van der Waals surface area contributed by atoms with Crippen LogP contribution < -0.4 is 9.62 Å². The lowest BCUT2D eigenvalue weighted by atomic mass is 10.1. The minimum Gasteiger partial charge on any atom is -0.352 e. The van der Waals surface area contributed by atoms with Gasteiger partial charge in [0.25, 0.3) is 0 Å². The molecule has 0 aliphatic rings. The number of amides is 2. The monoisotopic (exact) mass is 563 g/mol. The Morgan fingerprint density at radius 1 is 1.03 bits per heavy atom. The highest BCUT2D eigenvalue weighted by atomic mass is 35.5. The van der Waals surface area contributed by atoms with Crippen LogP contribution in [-0.2, 0) is 26.2 Å². The fourth-order valence-corrected chi connectivity index (χ4v) is 4.96. The Morgan fingerprint density at radius 2 is 1.64 bits per heavy atom. The summed E-state index contributed by atoms with van der Waals surface area (Å²) < 4.78 is 52.5. The first-order chi connectivity index (χ1) is 16.7. The Labute approximate surface area is 220 Å². The van der Waals surface area contributed by atoms with Crippen molar-refractivity contribution in [2.45, 2.75) is 52.2 Å². The smallest absolute Gasteiger partial charge is 0.242 e. The van der Waals surface area contributed by atoms with Crippen molar-refractivity contribution in [2.75, 3.05) is 17.1 Å². The van der Waals surface area contributed by atoms with E-state index in [1.165, 1.54) is 4.90 Å². The van der Waals surface area contributed by atoms with Gasteiger partial charge in [0, 0.05) is 47.2 Å². The number of halogens is 4. The Hall–Kier alpha value is -2.43. The molecule has 0 spiro atoms. The summed E-state index contributed by atoms with van der Waals surface area (Å²) in [5.74, 6) is -3.10. The summed E-state index contributed by atoms with van der Waals surface area (Å²) >= 11 is 12.6. The number of benzene rings is 2. The number of anilines is 1. The fraction of sp³-hybridized carbons (Fsp3) is 0.417. The Kier molecular flexibility index (Phi) is 10.5. The lowest BCUT2D eigenvalue weighted by Crippen LogP contribution is -2.49. The first kappa shape index (κ1) is 29.8. The maximum Gasteiger partial charge on any atom is 0.242 e. The van der Waals surface area contributed by atoms with E-state index in [0.29, 0.717) is 15.6 Å². The van der Waals surface area contributed by atoms with Crippen molar-refractivity contribution in [3.05, 3.63) is 63.6 Å². The van der Waals surface area contributed by atoms with Crippen molar-refractivity contribution in [2.24, 2.45) is 0 Å². The van der Waals surface area contributed by atoms with Gasteiger partial charge in [-0.15, -0.1) is 0 Å². The third-order valence-electron chi connectivity index (χ3n) is 5.33. The van der Waals surface area contributed by atoms with Crippen molar-refractivity contribution in [3.63, 3.8) is 0 Å². The van der Waals surface area contributed by atoms with Gasteiger partial charge in [-0.3, -0.25) is 13.9 Å². The SMILES string of the molecule is CC(C)NC(=O)C(C)N(Cc1c(Cl)cccc1Cl)C(=O)CCCN(c1ccc(F)c(F)c1)S(C)(=O)=O. The largest absolute Gasteiger partial charge is 0.352 e. The zero-order chi connectivity index (χ0) is 27.2. The first-order valence-electron chi connectivity index (χ1n) is 11.2. The molecular formula is C24H29Cl2F2N3O4S. The summed E-state index contributed by atoms with van der Waals surface area (Å²) in [7, 11) is -3.85. The van der Waals surface area contributed by atoms with Crippen LogP contribution in [0.15, 0.2) is 36.4 Å². The molecule has 0 saturated carbocycles. The number of carbonyl (C=O) groups excluding carboxylic acids is 2. The van der Waals surface area contributed by atoms with Crippen molar-refractivity contribution < 1.29 is 26.8 Å². The Bertz CT molecular complexity index is 1190. The second kappa shape index (κ2) is 12.7. The number of rotatable bonds is 11. The van der Waals surface area contributed by atoms with Crippen LogP contribution in [0, 0.1) is 11.6 Å². The standard InChI is InChI=1S/C24H29Cl2F2N3O4S/c1-15(2)29-24(33)16(3)30(14-18-19(25)7-5-8-20(18)26)23(32)9-6-12-31(36(4,34)35)17-10-11-21(27)22(28)13-17/h5,7-8,10-11,13,15-16H,6,9,12,14H2,1-4H3,(H,29,33). The molecule has 0 radical (unpaired) electrons. The second-order valence-electron chi connectivity index (χ2n) is 8.60. The Morgan fingerprint density at radius 3 is 2.17 bits per heavy atom. The third-order valence-corrected chi connectivity index (χ3v) is 7.23. The molecule has 0 bridgehead atoms. The molecule has 2 rings (SSSR count). The topological polar surface area (TPSA) is 86.8 Å². The number of carbonyl (C=O) groups is 2. The molecule has 1 N–H and O–H groups in total. The highest BCUT2D eigenvalue weighted by Crippen LogP contribution is 2.27. The van der Waals surface area contributed by atoms with Gasteiger partial charge < -0.3 is 10.2 Å². The van der Waals surface area contributed by atoms with Gasteiger partial charge in [-0.05, 0) is 51.5 Å². The van der Waals surface area contributed by atoms with E-state index in [0.717, 1.165) is 28.8 Å². The molecule has 0 heterocycles. The van der Waals surface area contributed by atoms with Crippen LogP contribution in [0.3, 0.4) is 0 Å². The van der Waals surface area contributed by atoms with Crippen molar-refractivity contribution in [3.8, 4) is 0 Å². The third kappa shape index (κ3) is 8.04. The van der Waals surface area contributed by atoms with Gasteiger partial charge >= 0.3 is 0 Å². The number of hydrogen-bond acceptors (Lipinski definition) is 4. The number of nitrogens with zero attached hydrogens (tertiary/aromatic N) is 2. The number of hydrogen-bond donors (Lipinski definition) is 1. The molecule has 0 aliphatic carbocycles. The van der Waals surface area contributed by atoms with E-state index in [1.807, 2.05) is 0 Å². The lowest BCUT2D eigenvalue weighted by Gasteiger charge is -2.30. The van der Waals surface area contributed by atoms with Crippen molar-refractivity contribution in [1.82, 2.24) is 10.2 Å². The number of sulfonamides is 1. The average molecular weight is 564 g/mol. The van der Waals surface area contributed by atoms with Crippen LogP contribution in [0.5, 0.6) is 0 Å². The molecule has 0 aromatic heterocycles. The van der Waals surface area contributed by atoms with Crippen LogP contribution in [0.4, 0.5) is 14.5 Å². The van der Waals surface area contributed by atoms with Gasteiger partial charge in [-0.2, -0.15) is 0 Å². The molecule has 0 aliphatic heterocycles. The predicted molar refractivity (Wildman–Crippen MR) is 138 cm³/mol. The zero-order valence-electron chi connectivity index (χ0n) is 20.4. The lowest BCUT2D eigenvalue weighted by molar-refractivity contribution is -0.140. The van der Waals surface area contributed by atoms with Crippen LogP contribution >= 0.6 is 23.2 Å². The molecule has 1 unspecified atom stereocenters. The van der Waals surface area contributed by atoms with E-state index in [-0.39, 0.29) is 43.6 Å². The minimum absolute atomic E-state index is 0.0387. The van der Waals surface area contributed by atoms with Gasteiger partial charge in [0.1, 0.15) is 6.04 Å². The maximum atomic E-state index is 13.7. The molecular weight excluding hydrogens is 535 g/mol. The highest BCUT2D eigenvalue weighted by Gasteiger charge is 2.28. The molecule has 2 aromatic rings. The summed E-state index contributed by atoms with van der Waals surface area (Å²) in [5, 5.41) is 3.43. The summed E-state index contributed by atoms with van der Waals surface area (Å²) in [6.07, 6.45) is 0.855. The fourth-order valence-electron chi connectivity index (χ4n) is 3.49. The van der Waals surface area contributed by atoms with Gasteiger partial charge in [-0.25, -0.2) is 17.2 Å². The van der Waals surface area contributed by atoms with Gasteiger partial charge in [-0.1, -0.05) is 29.3 Å². The molecule has 7 nitrogen and oxygen atoms in total. The van der Waals surface area contributed by atoms with Crippen molar-refractivity contribution in [1.29, 1.82) is 0 Å². The van der Waals surface area contributed by atoms with E-state index in [2.05, 4.69) is 5.32 Å². The van der Waals surface area contributed by atoms with Gasteiger partial charge in [0.2, 0.25) is 21.8 Å². The zero-order valence-corrected chi connectivity index (χ0v) is 22.7. The second-order valence-corrected chi connectivity index (χ2v) is 11.3. The van der Waals surface area contributed by atoms with E-state index >= 15 is 0 Å². The molecule has 0 saturated heterocycles. The molecule has 198 valence electrons. The average Bonchev–Trinajstić information content (AvgIpc) is 2.76. The normalized spacial score (nSPS) is 12.4. The summed E-state index contributed by atoms with van der Waals surface area (Å²) in [5.41, 5.74) is 0.408.